The minimum Gasteiger partial charge on any atom is -0.481 e. The molecule has 0 aromatic carbocycles. The van der Waals surface area contributed by atoms with Gasteiger partial charge < -0.3 is 5.11 Å². The van der Waals surface area contributed by atoms with Crippen LogP contribution in [0.3, 0.4) is 0 Å². The lowest BCUT2D eigenvalue weighted by atomic mass is 9.46. The molecule has 0 unspecified atom stereocenters. The second-order valence-electron chi connectivity index (χ2n) is 10.1. The summed E-state index contributed by atoms with van der Waals surface area (Å²) in [6.07, 6.45) is 13.7. The predicted octanol–water partition coefficient (Wildman–Crippen LogP) is 5.39. The Hall–Kier alpha value is -1.12. The summed E-state index contributed by atoms with van der Waals surface area (Å²) in [6, 6.07) is 0. The lowest BCUT2D eigenvalue weighted by molar-refractivity contribution is -0.137. The van der Waals surface area contributed by atoms with Crippen LogP contribution in [0.15, 0.2) is 11.6 Å². The van der Waals surface area contributed by atoms with Crippen molar-refractivity contribution in [3.05, 3.63) is 11.6 Å². The van der Waals surface area contributed by atoms with Crippen molar-refractivity contribution in [2.75, 3.05) is 0 Å². The van der Waals surface area contributed by atoms with E-state index in [9.17, 15) is 9.59 Å². The van der Waals surface area contributed by atoms with Crippen LogP contribution in [0.25, 0.3) is 0 Å². The van der Waals surface area contributed by atoms with Crippen molar-refractivity contribution in [3.8, 4) is 0 Å². The van der Waals surface area contributed by atoms with Gasteiger partial charge in [0, 0.05) is 12.8 Å². The molecule has 0 bridgehead atoms. The van der Waals surface area contributed by atoms with E-state index in [1.54, 1.807) is 0 Å². The van der Waals surface area contributed by atoms with Gasteiger partial charge in [0.2, 0.25) is 0 Å². The summed E-state index contributed by atoms with van der Waals surface area (Å²) in [5.74, 6) is 2.79. The van der Waals surface area contributed by atoms with E-state index >= 15 is 0 Å². The van der Waals surface area contributed by atoms with Gasteiger partial charge in [-0.3, -0.25) is 9.59 Å². The van der Waals surface area contributed by atoms with E-state index < -0.39 is 5.97 Å². The monoisotopic (exact) mass is 358 g/mol. The molecule has 1 N–H and O–H groups in total. The summed E-state index contributed by atoms with van der Waals surface area (Å²) in [5.41, 5.74) is 2.14. The molecule has 3 heteroatoms. The molecule has 0 heterocycles. The quantitative estimate of drug-likeness (QED) is 0.733. The summed E-state index contributed by atoms with van der Waals surface area (Å²) < 4.78 is 0. The number of carboxylic acids is 1. The third-order valence-corrected chi connectivity index (χ3v) is 9.10. The number of hydrogen-bond donors (Lipinski definition) is 1. The van der Waals surface area contributed by atoms with E-state index in [4.69, 9.17) is 5.11 Å². The van der Waals surface area contributed by atoms with Crippen molar-refractivity contribution in [3.63, 3.8) is 0 Å². The van der Waals surface area contributed by atoms with E-state index in [0.29, 0.717) is 23.5 Å². The highest BCUT2D eigenvalue weighted by Crippen LogP contribution is 2.67. The highest BCUT2D eigenvalue weighted by molar-refractivity contribution is 5.91. The van der Waals surface area contributed by atoms with Gasteiger partial charge in [0.1, 0.15) is 0 Å². The number of ketones is 1. The molecule has 3 saturated carbocycles. The smallest absolute Gasteiger partial charge is 0.303 e. The average molecular weight is 359 g/mol. The molecule has 144 valence electrons. The Balaban J connectivity index is 1.52. The van der Waals surface area contributed by atoms with E-state index in [1.807, 2.05) is 6.08 Å². The average Bonchev–Trinajstić information content (AvgIpc) is 2.92. The molecule has 0 saturated heterocycles. The fourth-order valence-electron chi connectivity index (χ4n) is 7.64. The van der Waals surface area contributed by atoms with Crippen molar-refractivity contribution in [2.24, 2.45) is 34.5 Å². The molecule has 6 atom stereocenters. The standard InChI is InChI=1S/C23H34O3/c1-22-13-11-20-18(8-6-16-14-17(24)10-12-23(16,20)2)19(22)9-7-15(22)4-3-5-21(25)26/h14-15,18-20H,3-13H2,1-2H3,(H,25,26)/t15-,18-,19-,20-,22+,23-/m0/s1. The molecular weight excluding hydrogens is 324 g/mol. The number of hydrogen-bond acceptors (Lipinski definition) is 2. The minimum atomic E-state index is -0.653. The first-order chi connectivity index (χ1) is 12.3. The molecule has 0 amide bonds. The van der Waals surface area contributed by atoms with Crippen LogP contribution in [0.2, 0.25) is 0 Å². The molecule has 0 spiro atoms. The van der Waals surface area contributed by atoms with Crippen LogP contribution >= 0.6 is 0 Å². The van der Waals surface area contributed by atoms with Crippen molar-refractivity contribution < 1.29 is 14.7 Å². The van der Waals surface area contributed by atoms with Gasteiger partial charge in [-0.2, -0.15) is 0 Å². The van der Waals surface area contributed by atoms with Gasteiger partial charge in [-0.15, -0.1) is 0 Å². The van der Waals surface area contributed by atoms with Crippen LogP contribution in [-0.2, 0) is 9.59 Å². The third kappa shape index (κ3) is 2.77. The predicted molar refractivity (Wildman–Crippen MR) is 102 cm³/mol. The highest BCUT2D eigenvalue weighted by Gasteiger charge is 2.58. The van der Waals surface area contributed by atoms with Gasteiger partial charge in [-0.05, 0) is 98.4 Å². The molecule has 4 rings (SSSR count). The van der Waals surface area contributed by atoms with E-state index in [1.165, 1.54) is 37.7 Å². The molecular formula is C23H34O3. The van der Waals surface area contributed by atoms with Crippen LogP contribution in [0.5, 0.6) is 0 Å². The summed E-state index contributed by atoms with van der Waals surface area (Å²) >= 11 is 0. The fourth-order valence-corrected chi connectivity index (χ4v) is 7.64. The van der Waals surface area contributed by atoms with E-state index in [0.717, 1.165) is 49.9 Å². The molecule has 3 fully saturated rings. The topological polar surface area (TPSA) is 54.4 Å². The zero-order valence-corrected chi connectivity index (χ0v) is 16.4. The zero-order chi connectivity index (χ0) is 18.5. The maximum absolute atomic E-state index is 11.9. The van der Waals surface area contributed by atoms with E-state index in [2.05, 4.69) is 13.8 Å². The molecule has 4 aliphatic carbocycles. The van der Waals surface area contributed by atoms with Gasteiger partial charge in [0.25, 0.3) is 0 Å². The van der Waals surface area contributed by atoms with Crippen LogP contribution < -0.4 is 0 Å². The van der Waals surface area contributed by atoms with E-state index in [-0.39, 0.29) is 5.41 Å². The Morgan fingerprint density at radius 1 is 1.12 bits per heavy atom. The minimum absolute atomic E-state index is 0.263. The second kappa shape index (κ2) is 6.49. The summed E-state index contributed by atoms with van der Waals surface area (Å²) in [5, 5.41) is 8.97. The fraction of sp³-hybridized carbons (Fsp3) is 0.826. The SMILES string of the molecule is C[C@]12CC[C@H]3[C@@H](CCC4=CC(=O)CC[C@@]43C)[C@@H]1CC[C@@H]2CCCC(=O)O. The number of allylic oxidation sites excluding steroid dienone is 1. The first kappa shape index (κ1) is 18.3. The van der Waals surface area contributed by atoms with Crippen LogP contribution in [0.1, 0.15) is 84.5 Å². The lowest BCUT2D eigenvalue weighted by Crippen LogP contribution is -2.50. The third-order valence-electron chi connectivity index (χ3n) is 9.10. The Labute approximate surface area is 157 Å². The van der Waals surface area contributed by atoms with Crippen molar-refractivity contribution >= 4 is 11.8 Å². The first-order valence-corrected chi connectivity index (χ1v) is 10.8. The lowest BCUT2D eigenvalue weighted by Gasteiger charge is -2.58. The molecule has 0 aromatic rings. The largest absolute Gasteiger partial charge is 0.481 e. The molecule has 3 nitrogen and oxygen atoms in total. The number of rotatable bonds is 4. The molecule has 26 heavy (non-hydrogen) atoms. The van der Waals surface area contributed by atoms with Gasteiger partial charge in [0.05, 0.1) is 0 Å². The van der Waals surface area contributed by atoms with Crippen LogP contribution in [0, 0.1) is 34.5 Å². The van der Waals surface area contributed by atoms with Gasteiger partial charge in [0.15, 0.2) is 5.78 Å². The van der Waals surface area contributed by atoms with Crippen LogP contribution in [0.4, 0.5) is 0 Å². The van der Waals surface area contributed by atoms with Gasteiger partial charge in [-0.25, -0.2) is 0 Å². The summed E-state index contributed by atoms with van der Waals surface area (Å²) in [4.78, 5) is 22.8. The number of carbonyl (C=O) groups excluding carboxylic acids is 1. The Kier molecular flexibility index (Phi) is 4.56. The summed E-state index contributed by atoms with van der Waals surface area (Å²) in [6.45, 7) is 4.97. The molecule has 0 radical (unpaired) electrons. The zero-order valence-electron chi connectivity index (χ0n) is 16.4. The normalized spacial score (nSPS) is 44.7. The Morgan fingerprint density at radius 3 is 2.69 bits per heavy atom. The second-order valence-corrected chi connectivity index (χ2v) is 10.1. The molecule has 0 aromatic heterocycles. The number of carboxylic acid groups (broad SMARTS) is 1. The number of carbonyl (C=O) groups is 2. The Bertz CT molecular complexity index is 635. The highest BCUT2D eigenvalue weighted by atomic mass is 16.4. The van der Waals surface area contributed by atoms with Gasteiger partial charge >= 0.3 is 5.97 Å². The molecule has 0 aliphatic heterocycles. The van der Waals surface area contributed by atoms with Gasteiger partial charge in [-0.1, -0.05) is 19.4 Å². The maximum atomic E-state index is 11.9. The number of aliphatic carboxylic acids is 1. The Morgan fingerprint density at radius 2 is 1.92 bits per heavy atom. The number of fused-ring (bicyclic) bond motifs is 5. The maximum Gasteiger partial charge on any atom is 0.303 e. The molecule has 4 aliphatic rings. The first-order valence-electron chi connectivity index (χ1n) is 10.8. The summed E-state index contributed by atoms with van der Waals surface area (Å²) in [7, 11) is 0. The van der Waals surface area contributed by atoms with Crippen molar-refractivity contribution in [1.82, 2.24) is 0 Å². The van der Waals surface area contributed by atoms with Crippen molar-refractivity contribution in [1.29, 1.82) is 0 Å². The van der Waals surface area contributed by atoms with Crippen molar-refractivity contribution in [2.45, 2.75) is 84.5 Å². The van der Waals surface area contributed by atoms with Crippen LogP contribution in [-0.4, -0.2) is 16.9 Å².